The summed E-state index contributed by atoms with van der Waals surface area (Å²) in [5, 5.41) is 12.5. The Morgan fingerprint density at radius 1 is 1.15 bits per heavy atom. The van der Waals surface area contributed by atoms with Crippen molar-refractivity contribution in [2.75, 3.05) is 36.5 Å². The minimum absolute atomic E-state index is 0.102. The molecular formula is C22H28F3N5O3. The molecule has 11 heteroatoms. The van der Waals surface area contributed by atoms with Crippen LogP contribution in [0, 0.1) is 0 Å². The van der Waals surface area contributed by atoms with Gasteiger partial charge in [0.1, 0.15) is 5.60 Å². The van der Waals surface area contributed by atoms with Crippen LogP contribution in [0.3, 0.4) is 0 Å². The normalized spacial score (nSPS) is 17.1. The van der Waals surface area contributed by atoms with Crippen molar-refractivity contribution in [2.45, 2.75) is 45.0 Å². The Morgan fingerprint density at radius 2 is 1.82 bits per heavy atom. The van der Waals surface area contributed by atoms with Crippen molar-refractivity contribution in [2.24, 2.45) is 0 Å². The predicted octanol–water partition coefficient (Wildman–Crippen LogP) is 4.05. The Bertz CT molecular complexity index is 948. The molecule has 0 radical (unpaired) electrons. The monoisotopic (exact) mass is 467 g/mol. The highest BCUT2D eigenvalue weighted by Crippen LogP contribution is 2.32. The number of aliphatic hydroxyl groups is 1. The van der Waals surface area contributed by atoms with Crippen molar-refractivity contribution in [3.05, 3.63) is 42.2 Å². The molecule has 180 valence electrons. The lowest BCUT2D eigenvalue weighted by Gasteiger charge is -2.42. The molecule has 2 aromatic rings. The van der Waals surface area contributed by atoms with Crippen LogP contribution in [0.4, 0.5) is 35.3 Å². The molecule has 33 heavy (non-hydrogen) atoms. The molecule has 0 bridgehead atoms. The molecule has 3 rings (SSSR count). The fourth-order valence-electron chi connectivity index (χ4n) is 3.53. The molecule has 8 nitrogen and oxygen atoms in total. The zero-order valence-corrected chi connectivity index (χ0v) is 18.8. The third-order valence-electron chi connectivity index (χ3n) is 5.03. The molecule has 1 saturated heterocycles. The number of nitrogens with zero attached hydrogens (tertiary/aromatic N) is 4. The first-order chi connectivity index (χ1) is 15.5. The van der Waals surface area contributed by atoms with Crippen LogP contribution in [-0.2, 0) is 10.9 Å². The van der Waals surface area contributed by atoms with Gasteiger partial charge in [0.25, 0.3) is 0 Å². The number of rotatable bonds is 5. The highest BCUT2D eigenvalue weighted by atomic mass is 19.4. The first-order valence-corrected chi connectivity index (χ1v) is 10.6. The molecule has 1 atom stereocenters. The highest BCUT2D eigenvalue weighted by molar-refractivity contribution is 5.71. The second-order valence-corrected chi connectivity index (χ2v) is 8.71. The zero-order chi connectivity index (χ0) is 24.2. The van der Waals surface area contributed by atoms with Crippen molar-refractivity contribution in [1.29, 1.82) is 0 Å². The predicted molar refractivity (Wildman–Crippen MR) is 117 cm³/mol. The Morgan fingerprint density at radius 3 is 2.42 bits per heavy atom. The lowest BCUT2D eigenvalue weighted by molar-refractivity contribution is -0.137. The van der Waals surface area contributed by atoms with Crippen molar-refractivity contribution >= 4 is 23.4 Å². The Balaban J connectivity index is 1.77. The van der Waals surface area contributed by atoms with E-state index in [1.807, 2.05) is 4.90 Å². The number of hydrogen-bond acceptors (Lipinski definition) is 7. The molecule has 0 saturated carbocycles. The van der Waals surface area contributed by atoms with Crippen molar-refractivity contribution in [3.8, 4) is 0 Å². The number of carbonyl (C=O) groups excluding carboxylic acids is 1. The third-order valence-corrected chi connectivity index (χ3v) is 5.03. The molecule has 2 heterocycles. The number of nitrogens with one attached hydrogen (secondary N) is 1. The van der Waals surface area contributed by atoms with Crippen LogP contribution >= 0.6 is 0 Å². The average Bonchev–Trinajstić information content (AvgIpc) is 2.73. The van der Waals surface area contributed by atoms with E-state index in [1.165, 1.54) is 24.5 Å². The van der Waals surface area contributed by atoms with E-state index in [2.05, 4.69) is 15.3 Å². The number of alkyl halides is 3. The minimum Gasteiger partial charge on any atom is -0.444 e. The van der Waals surface area contributed by atoms with Gasteiger partial charge in [0, 0.05) is 44.3 Å². The van der Waals surface area contributed by atoms with Crippen LogP contribution < -0.4 is 10.2 Å². The fraction of sp³-hybridized carbons (Fsp3) is 0.500. The van der Waals surface area contributed by atoms with Gasteiger partial charge in [-0.1, -0.05) is 0 Å². The summed E-state index contributed by atoms with van der Waals surface area (Å²) in [5.41, 5.74) is -0.941. The molecule has 0 aliphatic carbocycles. The molecule has 1 aliphatic heterocycles. The SMILES string of the molecule is CC(C)(C)OC(=O)N1CCN(c2nccnc2Nc2ccc(C(F)(F)F)cc2)CC1CCO. The van der Waals surface area contributed by atoms with Crippen LogP contribution in [-0.4, -0.2) is 64.0 Å². The van der Waals surface area contributed by atoms with Gasteiger partial charge in [0.2, 0.25) is 0 Å². The van der Waals surface area contributed by atoms with Gasteiger partial charge in [-0.2, -0.15) is 13.2 Å². The van der Waals surface area contributed by atoms with Crippen molar-refractivity contribution < 1.29 is 27.8 Å². The number of hydrogen-bond donors (Lipinski definition) is 2. The third kappa shape index (κ3) is 6.47. The summed E-state index contributed by atoms with van der Waals surface area (Å²) in [4.78, 5) is 24.9. The number of carbonyl (C=O) groups is 1. The smallest absolute Gasteiger partial charge is 0.416 e. The maximum atomic E-state index is 12.8. The zero-order valence-electron chi connectivity index (χ0n) is 18.8. The number of aliphatic hydroxyl groups excluding tert-OH is 1. The van der Waals surface area contributed by atoms with Crippen molar-refractivity contribution in [3.63, 3.8) is 0 Å². The van der Waals surface area contributed by atoms with Crippen LogP contribution in [0.5, 0.6) is 0 Å². The van der Waals surface area contributed by atoms with Crippen LogP contribution in [0.2, 0.25) is 0 Å². The maximum Gasteiger partial charge on any atom is 0.416 e. The van der Waals surface area contributed by atoms with E-state index in [1.54, 1.807) is 25.7 Å². The van der Waals surface area contributed by atoms with Crippen LogP contribution in [0.25, 0.3) is 0 Å². The quantitative estimate of drug-likeness (QED) is 0.686. The topological polar surface area (TPSA) is 90.8 Å². The van der Waals surface area contributed by atoms with Gasteiger partial charge in [-0.3, -0.25) is 0 Å². The van der Waals surface area contributed by atoms with E-state index in [9.17, 15) is 23.1 Å². The summed E-state index contributed by atoms with van der Waals surface area (Å²) in [6.07, 6.45) is -1.49. The summed E-state index contributed by atoms with van der Waals surface area (Å²) in [7, 11) is 0. The minimum atomic E-state index is -4.41. The fourth-order valence-corrected chi connectivity index (χ4v) is 3.53. The lowest BCUT2D eigenvalue weighted by Crippen LogP contribution is -2.56. The van der Waals surface area contributed by atoms with Gasteiger partial charge in [0.05, 0.1) is 11.6 Å². The molecule has 1 aliphatic rings. The summed E-state index contributed by atoms with van der Waals surface area (Å²) in [6, 6.07) is 4.34. The first-order valence-electron chi connectivity index (χ1n) is 10.6. The van der Waals surface area contributed by atoms with Gasteiger partial charge in [-0.05, 0) is 51.5 Å². The summed E-state index contributed by atoms with van der Waals surface area (Å²) >= 11 is 0. The van der Waals surface area contributed by atoms with Crippen molar-refractivity contribution in [1.82, 2.24) is 14.9 Å². The van der Waals surface area contributed by atoms with Crippen LogP contribution in [0.15, 0.2) is 36.7 Å². The largest absolute Gasteiger partial charge is 0.444 e. The van der Waals surface area contributed by atoms with Gasteiger partial charge in [-0.25, -0.2) is 14.8 Å². The van der Waals surface area contributed by atoms with Gasteiger partial charge >= 0.3 is 12.3 Å². The Kier molecular flexibility index (Phi) is 7.31. The average molecular weight is 467 g/mol. The molecule has 1 amide bonds. The summed E-state index contributed by atoms with van der Waals surface area (Å²) in [6.45, 7) is 6.47. The Labute approximate surface area is 190 Å². The number of halogens is 3. The number of ether oxygens (including phenoxy) is 1. The molecule has 0 spiro atoms. The summed E-state index contributed by atoms with van der Waals surface area (Å²) < 4.78 is 44.0. The number of benzene rings is 1. The molecule has 1 aromatic heterocycles. The standard InChI is InChI=1S/C22H28F3N5O3/c1-21(2,3)33-20(32)30-12-11-29(14-17(30)8-13-31)19-18(26-9-10-27-19)28-16-6-4-15(5-7-16)22(23,24)25/h4-7,9-10,17,31H,8,11-14H2,1-3H3,(H,26,28). The second-order valence-electron chi connectivity index (χ2n) is 8.71. The number of aromatic nitrogens is 2. The van der Waals surface area contributed by atoms with E-state index >= 15 is 0 Å². The van der Waals surface area contributed by atoms with Crippen LogP contribution in [0.1, 0.15) is 32.8 Å². The number of piperazine rings is 1. The molecule has 2 N–H and O–H groups in total. The van der Waals surface area contributed by atoms with E-state index in [-0.39, 0.29) is 12.6 Å². The highest BCUT2D eigenvalue weighted by Gasteiger charge is 2.34. The maximum absolute atomic E-state index is 12.8. The van der Waals surface area contributed by atoms with E-state index in [0.29, 0.717) is 43.4 Å². The first kappa shape index (κ1) is 24.6. The van der Waals surface area contributed by atoms with E-state index in [4.69, 9.17) is 4.74 Å². The summed E-state index contributed by atoms with van der Waals surface area (Å²) in [5.74, 6) is 0.884. The van der Waals surface area contributed by atoms with Gasteiger partial charge in [-0.15, -0.1) is 0 Å². The molecular weight excluding hydrogens is 439 g/mol. The van der Waals surface area contributed by atoms with E-state index in [0.717, 1.165) is 12.1 Å². The second kappa shape index (κ2) is 9.82. The molecule has 1 unspecified atom stereocenters. The van der Waals surface area contributed by atoms with E-state index < -0.39 is 23.4 Å². The number of amides is 1. The van der Waals surface area contributed by atoms with Gasteiger partial charge < -0.3 is 25.0 Å². The number of anilines is 3. The van der Waals surface area contributed by atoms with Gasteiger partial charge in [0.15, 0.2) is 11.6 Å². The Hall–Kier alpha value is -3.08. The lowest BCUT2D eigenvalue weighted by atomic mass is 10.1. The molecule has 1 aromatic carbocycles. The molecule has 1 fully saturated rings.